The molecule has 1 fully saturated rings. The van der Waals surface area contributed by atoms with Gasteiger partial charge in [0.15, 0.2) is 0 Å². The van der Waals surface area contributed by atoms with Crippen LogP contribution in [-0.2, 0) is 4.74 Å². The van der Waals surface area contributed by atoms with Crippen molar-refractivity contribution in [2.75, 3.05) is 12.5 Å². The summed E-state index contributed by atoms with van der Waals surface area (Å²) in [4.78, 5) is 0. The zero-order valence-electron chi connectivity index (χ0n) is 2.78. The van der Waals surface area contributed by atoms with Gasteiger partial charge in [0.1, 0.15) is 0 Å². The van der Waals surface area contributed by atoms with E-state index < -0.39 is 0 Å². The van der Waals surface area contributed by atoms with Crippen molar-refractivity contribution in [2.24, 2.45) is 0 Å². The summed E-state index contributed by atoms with van der Waals surface area (Å²) in [5.74, 6) is 0.667. The zero-order valence-corrected chi connectivity index (χ0v) is 3.53. The molecule has 1 atom stereocenters. The number of hydrogen-bond donors (Lipinski definition) is 0. The van der Waals surface area contributed by atoms with Crippen molar-refractivity contribution in [2.45, 2.75) is 6.10 Å². The van der Waals surface area contributed by atoms with Gasteiger partial charge in [0.25, 0.3) is 0 Å². The monoisotopic (exact) mass is 116 g/mol. The standard InChI is InChI=1S/C3H5ClO.Na.H/c4-1-3-2-5-3;;/h3H,1-2H2;;. The molecular weight excluding hydrogens is 110 g/mol. The van der Waals surface area contributed by atoms with Crippen LogP contribution < -0.4 is 0 Å². The first-order chi connectivity index (χ1) is 2.43. The Morgan fingerprint density at radius 3 is 2.33 bits per heavy atom. The second-order valence-corrected chi connectivity index (χ2v) is 1.42. The summed E-state index contributed by atoms with van der Waals surface area (Å²) in [6.07, 6.45) is 0.400. The molecule has 0 aromatic rings. The Balaban J connectivity index is 0.000000250. The van der Waals surface area contributed by atoms with Gasteiger partial charge >= 0.3 is 29.6 Å². The fourth-order valence-electron chi connectivity index (χ4n) is 0.157. The predicted octanol–water partition coefficient (Wildman–Crippen LogP) is -0.0245. The molecule has 0 aromatic carbocycles. The van der Waals surface area contributed by atoms with E-state index in [0.717, 1.165) is 6.61 Å². The molecule has 0 amide bonds. The van der Waals surface area contributed by atoms with Crippen LogP contribution in [0.2, 0.25) is 0 Å². The third kappa shape index (κ3) is 2.43. The van der Waals surface area contributed by atoms with Gasteiger partial charge in [-0.15, -0.1) is 11.6 Å². The van der Waals surface area contributed by atoms with Crippen LogP contribution in [0.25, 0.3) is 0 Å². The molecular formula is C3H6ClNaO. The number of rotatable bonds is 1. The summed E-state index contributed by atoms with van der Waals surface area (Å²) >= 11 is 5.27. The number of epoxide rings is 1. The average Bonchev–Trinajstić information content (AvgIpc) is 2.12. The summed E-state index contributed by atoms with van der Waals surface area (Å²) in [6.45, 7) is 0.878. The van der Waals surface area contributed by atoms with Crippen LogP contribution in [0.4, 0.5) is 0 Å². The van der Waals surface area contributed by atoms with E-state index in [4.69, 9.17) is 16.3 Å². The molecule has 1 aliphatic heterocycles. The van der Waals surface area contributed by atoms with Crippen molar-refractivity contribution >= 4 is 41.2 Å². The SMILES string of the molecule is ClCC1CO1.[NaH]. The van der Waals surface area contributed by atoms with Gasteiger partial charge in [0.05, 0.1) is 18.6 Å². The van der Waals surface area contributed by atoms with Gasteiger partial charge in [-0.1, -0.05) is 0 Å². The first-order valence-electron chi connectivity index (χ1n) is 1.61. The van der Waals surface area contributed by atoms with Crippen LogP contribution in [0, 0.1) is 0 Å². The van der Waals surface area contributed by atoms with E-state index >= 15 is 0 Å². The summed E-state index contributed by atoms with van der Waals surface area (Å²) in [5, 5.41) is 0. The van der Waals surface area contributed by atoms with Crippen LogP contribution in [0.1, 0.15) is 0 Å². The molecule has 3 heteroatoms. The van der Waals surface area contributed by atoms with Crippen LogP contribution in [0.15, 0.2) is 0 Å². The zero-order chi connectivity index (χ0) is 3.70. The fraction of sp³-hybridized carbons (Fsp3) is 1.00. The molecule has 0 aliphatic carbocycles. The number of hydrogen-bond acceptors (Lipinski definition) is 1. The van der Waals surface area contributed by atoms with Gasteiger partial charge in [-0.3, -0.25) is 0 Å². The predicted molar refractivity (Wildman–Crippen MR) is 27.6 cm³/mol. The van der Waals surface area contributed by atoms with Crippen molar-refractivity contribution in [3.05, 3.63) is 0 Å². The fourth-order valence-corrected chi connectivity index (χ4v) is 0.335. The second kappa shape index (κ2) is 3.28. The molecule has 1 nitrogen and oxygen atoms in total. The van der Waals surface area contributed by atoms with Gasteiger partial charge in [-0.2, -0.15) is 0 Å². The third-order valence-corrected chi connectivity index (χ3v) is 0.919. The maximum absolute atomic E-state index is 5.27. The van der Waals surface area contributed by atoms with Gasteiger partial charge in [0.2, 0.25) is 0 Å². The number of alkyl halides is 1. The van der Waals surface area contributed by atoms with Gasteiger partial charge in [-0.25, -0.2) is 0 Å². The molecule has 0 saturated carbocycles. The van der Waals surface area contributed by atoms with E-state index in [1.54, 1.807) is 0 Å². The molecule has 0 radical (unpaired) electrons. The summed E-state index contributed by atoms with van der Waals surface area (Å²) < 4.78 is 4.73. The average molecular weight is 117 g/mol. The molecule has 0 N–H and O–H groups in total. The van der Waals surface area contributed by atoms with E-state index in [-0.39, 0.29) is 29.6 Å². The van der Waals surface area contributed by atoms with Gasteiger partial charge in [0, 0.05) is 0 Å². The van der Waals surface area contributed by atoms with Crippen molar-refractivity contribution < 1.29 is 4.74 Å². The molecule has 1 aliphatic rings. The van der Waals surface area contributed by atoms with E-state index in [0.29, 0.717) is 12.0 Å². The minimum absolute atomic E-state index is 0. The van der Waals surface area contributed by atoms with E-state index in [1.165, 1.54) is 0 Å². The first kappa shape index (κ1) is 7.25. The van der Waals surface area contributed by atoms with E-state index in [9.17, 15) is 0 Å². The molecule has 1 saturated heterocycles. The van der Waals surface area contributed by atoms with Crippen LogP contribution in [0.5, 0.6) is 0 Å². The van der Waals surface area contributed by atoms with Crippen molar-refractivity contribution in [1.29, 1.82) is 0 Å². The van der Waals surface area contributed by atoms with Crippen LogP contribution in [-0.4, -0.2) is 48.1 Å². The van der Waals surface area contributed by atoms with Crippen LogP contribution in [0.3, 0.4) is 0 Å². The Morgan fingerprint density at radius 2 is 2.33 bits per heavy atom. The first-order valence-corrected chi connectivity index (χ1v) is 2.14. The Labute approximate surface area is 64.3 Å². The summed E-state index contributed by atoms with van der Waals surface area (Å²) in [7, 11) is 0. The molecule has 32 valence electrons. The van der Waals surface area contributed by atoms with E-state index in [1.807, 2.05) is 0 Å². The molecule has 6 heavy (non-hydrogen) atoms. The quantitative estimate of drug-likeness (QED) is 0.266. The van der Waals surface area contributed by atoms with Crippen molar-refractivity contribution in [1.82, 2.24) is 0 Å². The second-order valence-electron chi connectivity index (χ2n) is 1.11. The Kier molecular flexibility index (Phi) is 3.96. The molecule has 0 spiro atoms. The summed E-state index contributed by atoms with van der Waals surface area (Å²) in [6, 6.07) is 0. The maximum atomic E-state index is 5.27. The Morgan fingerprint density at radius 1 is 1.83 bits per heavy atom. The Hall–Kier alpha value is 1.25. The topological polar surface area (TPSA) is 12.5 Å². The number of ether oxygens (including phenoxy) is 1. The molecule has 1 rings (SSSR count). The van der Waals surface area contributed by atoms with Crippen molar-refractivity contribution in [3.8, 4) is 0 Å². The van der Waals surface area contributed by atoms with Gasteiger partial charge in [-0.05, 0) is 0 Å². The van der Waals surface area contributed by atoms with Crippen LogP contribution >= 0.6 is 11.6 Å². The minimum atomic E-state index is 0. The van der Waals surface area contributed by atoms with Crippen molar-refractivity contribution in [3.63, 3.8) is 0 Å². The Bertz CT molecular complexity index is 37.8. The molecule has 0 bridgehead atoms. The third-order valence-electron chi connectivity index (χ3n) is 0.574. The molecule has 1 heterocycles. The molecule has 0 aromatic heterocycles. The van der Waals surface area contributed by atoms with E-state index in [2.05, 4.69) is 0 Å². The normalized spacial score (nSPS) is 28.5. The number of halogens is 1. The molecule has 1 unspecified atom stereocenters. The summed E-state index contributed by atoms with van der Waals surface area (Å²) in [5.41, 5.74) is 0. The van der Waals surface area contributed by atoms with Gasteiger partial charge < -0.3 is 4.74 Å².